The smallest absolute Gasteiger partial charge is 0.271 e. The fourth-order valence-corrected chi connectivity index (χ4v) is 2.14. The van der Waals surface area contributed by atoms with Crippen LogP contribution in [0.2, 0.25) is 0 Å². The van der Waals surface area contributed by atoms with Gasteiger partial charge in [0.05, 0.1) is 24.1 Å². The standard InChI is InChI=1S/C13H18N4O3/c1-13(6-19-2,7-20-3)17-12(18)10-9-4-5-14-11(9)16-8-15-10/h4-5,8H,6-7H2,1-3H3,(H,17,18)(H,14,15,16). The van der Waals surface area contributed by atoms with Gasteiger partial charge in [0.15, 0.2) is 0 Å². The maximum Gasteiger partial charge on any atom is 0.271 e. The molecule has 2 N–H and O–H groups in total. The molecule has 0 aliphatic carbocycles. The maximum absolute atomic E-state index is 12.4. The van der Waals surface area contributed by atoms with Gasteiger partial charge in [0.1, 0.15) is 17.7 Å². The van der Waals surface area contributed by atoms with E-state index in [1.54, 1.807) is 26.5 Å². The normalized spacial score (nSPS) is 11.8. The van der Waals surface area contributed by atoms with Crippen molar-refractivity contribution in [2.45, 2.75) is 12.5 Å². The second kappa shape index (κ2) is 5.98. The molecule has 0 spiro atoms. The fraction of sp³-hybridized carbons (Fsp3) is 0.462. The van der Waals surface area contributed by atoms with Crippen LogP contribution < -0.4 is 5.32 Å². The molecule has 0 bridgehead atoms. The Kier molecular flexibility index (Phi) is 4.31. The Morgan fingerprint density at radius 1 is 1.35 bits per heavy atom. The van der Waals surface area contributed by atoms with Crippen LogP contribution in [0.5, 0.6) is 0 Å². The van der Waals surface area contributed by atoms with Crippen molar-refractivity contribution in [3.63, 3.8) is 0 Å². The number of hydrogen-bond donors (Lipinski definition) is 2. The topological polar surface area (TPSA) is 89.1 Å². The van der Waals surface area contributed by atoms with Crippen LogP contribution in [0.4, 0.5) is 0 Å². The number of hydrogen-bond acceptors (Lipinski definition) is 5. The van der Waals surface area contributed by atoms with Gasteiger partial charge >= 0.3 is 0 Å². The van der Waals surface area contributed by atoms with Crippen LogP contribution in [0.25, 0.3) is 11.0 Å². The van der Waals surface area contributed by atoms with Crippen LogP contribution in [0, 0.1) is 0 Å². The Morgan fingerprint density at radius 3 is 2.70 bits per heavy atom. The molecule has 2 aromatic heterocycles. The van der Waals surface area contributed by atoms with E-state index in [9.17, 15) is 4.79 Å². The summed E-state index contributed by atoms with van der Waals surface area (Å²) in [6.07, 6.45) is 3.08. The number of carbonyl (C=O) groups excluding carboxylic acids is 1. The fourth-order valence-electron chi connectivity index (χ4n) is 2.14. The molecule has 1 amide bonds. The molecule has 0 atom stereocenters. The molecule has 0 aliphatic heterocycles. The van der Waals surface area contributed by atoms with E-state index >= 15 is 0 Å². The predicted molar refractivity (Wildman–Crippen MR) is 73.5 cm³/mol. The van der Waals surface area contributed by atoms with Crippen molar-refractivity contribution < 1.29 is 14.3 Å². The van der Waals surface area contributed by atoms with Crippen LogP contribution in [-0.2, 0) is 9.47 Å². The molecule has 7 nitrogen and oxygen atoms in total. The molecule has 2 rings (SSSR count). The van der Waals surface area contributed by atoms with Crippen LogP contribution in [0.15, 0.2) is 18.6 Å². The van der Waals surface area contributed by atoms with Crippen molar-refractivity contribution in [3.8, 4) is 0 Å². The molecule has 108 valence electrons. The quantitative estimate of drug-likeness (QED) is 0.813. The monoisotopic (exact) mass is 278 g/mol. The van der Waals surface area contributed by atoms with E-state index in [0.717, 1.165) is 0 Å². The van der Waals surface area contributed by atoms with Crippen molar-refractivity contribution in [2.24, 2.45) is 0 Å². The first-order valence-corrected chi connectivity index (χ1v) is 6.18. The minimum absolute atomic E-state index is 0.284. The van der Waals surface area contributed by atoms with E-state index in [1.165, 1.54) is 6.33 Å². The van der Waals surface area contributed by atoms with Gasteiger partial charge in [-0.05, 0) is 13.0 Å². The zero-order chi connectivity index (χ0) is 14.6. The van der Waals surface area contributed by atoms with Gasteiger partial charge in [0, 0.05) is 20.4 Å². The van der Waals surface area contributed by atoms with Gasteiger partial charge in [-0.25, -0.2) is 9.97 Å². The maximum atomic E-state index is 12.4. The highest BCUT2D eigenvalue weighted by Crippen LogP contribution is 2.14. The van der Waals surface area contributed by atoms with Gasteiger partial charge in [0.2, 0.25) is 0 Å². The summed E-state index contributed by atoms with van der Waals surface area (Å²) in [6, 6.07) is 1.77. The zero-order valence-corrected chi connectivity index (χ0v) is 11.8. The summed E-state index contributed by atoms with van der Waals surface area (Å²) in [6.45, 7) is 2.54. The number of H-pyrrole nitrogens is 1. The van der Waals surface area contributed by atoms with E-state index in [1.807, 2.05) is 6.92 Å². The molecule has 20 heavy (non-hydrogen) atoms. The number of ether oxygens (including phenoxy) is 2. The first-order chi connectivity index (χ1) is 9.59. The van der Waals surface area contributed by atoms with E-state index in [0.29, 0.717) is 29.9 Å². The minimum atomic E-state index is -0.617. The number of rotatable bonds is 6. The van der Waals surface area contributed by atoms with Crippen molar-refractivity contribution in [2.75, 3.05) is 27.4 Å². The van der Waals surface area contributed by atoms with Crippen molar-refractivity contribution in [1.29, 1.82) is 0 Å². The summed E-state index contributed by atoms with van der Waals surface area (Å²) in [5.74, 6) is -0.284. The lowest BCUT2D eigenvalue weighted by Crippen LogP contribution is -2.52. The highest BCUT2D eigenvalue weighted by Gasteiger charge is 2.28. The molecule has 0 saturated heterocycles. The molecule has 2 aromatic rings. The highest BCUT2D eigenvalue weighted by atomic mass is 16.5. The number of amides is 1. The number of aromatic nitrogens is 3. The van der Waals surface area contributed by atoms with Gasteiger partial charge in [0.25, 0.3) is 5.91 Å². The molecular weight excluding hydrogens is 260 g/mol. The molecule has 0 fully saturated rings. The summed E-state index contributed by atoms with van der Waals surface area (Å²) in [7, 11) is 3.16. The third-order valence-electron chi connectivity index (χ3n) is 2.91. The Balaban J connectivity index is 2.24. The van der Waals surface area contributed by atoms with E-state index in [2.05, 4.69) is 20.3 Å². The second-order valence-electron chi connectivity index (χ2n) is 4.84. The van der Waals surface area contributed by atoms with E-state index in [4.69, 9.17) is 9.47 Å². The van der Waals surface area contributed by atoms with Crippen LogP contribution in [0.3, 0.4) is 0 Å². The van der Waals surface area contributed by atoms with Crippen molar-refractivity contribution in [1.82, 2.24) is 20.3 Å². The highest BCUT2D eigenvalue weighted by molar-refractivity contribution is 6.03. The minimum Gasteiger partial charge on any atom is -0.382 e. The largest absolute Gasteiger partial charge is 0.382 e. The second-order valence-corrected chi connectivity index (χ2v) is 4.84. The number of methoxy groups -OCH3 is 2. The van der Waals surface area contributed by atoms with Gasteiger partial charge in [-0.2, -0.15) is 0 Å². The number of aromatic amines is 1. The summed E-state index contributed by atoms with van der Waals surface area (Å²) in [5.41, 5.74) is 0.341. The van der Waals surface area contributed by atoms with Gasteiger partial charge in [-0.3, -0.25) is 4.79 Å². The van der Waals surface area contributed by atoms with Crippen LogP contribution >= 0.6 is 0 Å². The molecule has 0 radical (unpaired) electrons. The number of fused-ring (bicyclic) bond motifs is 1. The lowest BCUT2D eigenvalue weighted by molar-refractivity contribution is 0.0456. The number of carbonyl (C=O) groups is 1. The third kappa shape index (κ3) is 2.94. The Bertz CT molecular complexity index is 590. The average molecular weight is 278 g/mol. The number of nitrogens with zero attached hydrogens (tertiary/aromatic N) is 2. The van der Waals surface area contributed by atoms with Crippen LogP contribution in [0.1, 0.15) is 17.4 Å². The SMILES string of the molecule is COCC(C)(COC)NC(=O)c1ncnc2[nH]ccc12. The average Bonchev–Trinajstić information content (AvgIpc) is 2.86. The molecule has 0 aliphatic rings. The van der Waals surface area contributed by atoms with E-state index in [-0.39, 0.29) is 5.91 Å². The van der Waals surface area contributed by atoms with Crippen LogP contribution in [-0.4, -0.2) is 53.8 Å². The van der Waals surface area contributed by atoms with Gasteiger partial charge in [-0.1, -0.05) is 0 Å². The first kappa shape index (κ1) is 14.4. The van der Waals surface area contributed by atoms with Gasteiger partial charge in [-0.15, -0.1) is 0 Å². The molecular formula is C13H18N4O3. The predicted octanol–water partition coefficient (Wildman–Crippen LogP) is 0.739. The van der Waals surface area contributed by atoms with E-state index < -0.39 is 5.54 Å². The summed E-state index contributed by atoms with van der Waals surface area (Å²) < 4.78 is 10.3. The van der Waals surface area contributed by atoms with Crippen molar-refractivity contribution >= 4 is 16.9 Å². The first-order valence-electron chi connectivity index (χ1n) is 6.18. The Hall–Kier alpha value is -1.99. The molecule has 0 aromatic carbocycles. The lowest BCUT2D eigenvalue weighted by Gasteiger charge is -2.29. The van der Waals surface area contributed by atoms with Gasteiger partial charge < -0.3 is 19.8 Å². The molecule has 0 saturated carbocycles. The summed E-state index contributed by atoms with van der Waals surface area (Å²) in [5, 5.41) is 3.58. The molecule has 7 heteroatoms. The third-order valence-corrected chi connectivity index (χ3v) is 2.91. The van der Waals surface area contributed by atoms with Crippen molar-refractivity contribution in [3.05, 3.63) is 24.3 Å². The molecule has 0 unspecified atom stereocenters. The Morgan fingerprint density at radius 2 is 2.05 bits per heavy atom. The number of nitrogens with one attached hydrogen (secondary N) is 2. The zero-order valence-electron chi connectivity index (χ0n) is 11.8. The summed E-state index contributed by atoms with van der Waals surface area (Å²) >= 11 is 0. The lowest BCUT2D eigenvalue weighted by atomic mass is 10.0. The Labute approximate surface area is 116 Å². The molecule has 2 heterocycles. The summed E-state index contributed by atoms with van der Waals surface area (Å²) in [4.78, 5) is 23.5.